The van der Waals surface area contributed by atoms with Gasteiger partial charge in [-0.05, 0) is 13.8 Å². The van der Waals surface area contributed by atoms with E-state index in [1.807, 2.05) is 0 Å². The minimum Gasteiger partial charge on any atom is -0.465 e. The van der Waals surface area contributed by atoms with Gasteiger partial charge >= 0.3 is 5.97 Å². The van der Waals surface area contributed by atoms with Crippen molar-refractivity contribution in [3.05, 3.63) is 0 Å². The SMILES string of the molecule is CCOC(=O)C(C(C)=O)C(=O)NO. The van der Waals surface area contributed by atoms with Crippen molar-refractivity contribution in [2.45, 2.75) is 13.8 Å². The summed E-state index contributed by atoms with van der Waals surface area (Å²) in [6.07, 6.45) is 0. The molecule has 0 saturated carbocycles. The minimum atomic E-state index is -1.58. The fourth-order valence-corrected chi connectivity index (χ4v) is 0.748. The standard InChI is InChI=1S/C7H11NO5/c1-3-13-7(11)5(4(2)9)6(10)8-12/h5,12H,3H2,1-2H3,(H,8,10). The van der Waals surface area contributed by atoms with E-state index >= 15 is 0 Å². The quantitative estimate of drug-likeness (QED) is 0.263. The number of rotatable bonds is 4. The average Bonchev–Trinajstić information content (AvgIpc) is 2.04. The van der Waals surface area contributed by atoms with E-state index in [9.17, 15) is 14.4 Å². The van der Waals surface area contributed by atoms with E-state index in [1.165, 1.54) is 5.48 Å². The lowest BCUT2D eigenvalue weighted by Crippen LogP contribution is -2.38. The molecule has 0 aliphatic heterocycles. The van der Waals surface area contributed by atoms with Crippen LogP contribution in [0.1, 0.15) is 13.8 Å². The first-order chi connectivity index (χ1) is 6.04. The lowest BCUT2D eigenvalue weighted by Gasteiger charge is -2.09. The fourth-order valence-electron chi connectivity index (χ4n) is 0.748. The first-order valence-corrected chi connectivity index (χ1v) is 3.65. The number of carbonyl (C=O) groups is 3. The maximum atomic E-state index is 11.0. The first kappa shape index (κ1) is 11.6. The van der Waals surface area contributed by atoms with Gasteiger partial charge in [-0.2, -0.15) is 0 Å². The third-order valence-corrected chi connectivity index (χ3v) is 1.30. The van der Waals surface area contributed by atoms with E-state index in [4.69, 9.17) is 5.21 Å². The van der Waals surface area contributed by atoms with E-state index in [-0.39, 0.29) is 6.61 Å². The summed E-state index contributed by atoms with van der Waals surface area (Å²) in [6.45, 7) is 2.68. The molecular formula is C7H11NO5. The van der Waals surface area contributed by atoms with Crippen LogP contribution in [0.15, 0.2) is 0 Å². The Morgan fingerprint density at radius 3 is 2.31 bits per heavy atom. The molecule has 2 N–H and O–H groups in total. The fraction of sp³-hybridized carbons (Fsp3) is 0.571. The molecule has 0 heterocycles. The Bertz CT molecular complexity index is 225. The Morgan fingerprint density at radius 1 is 1.46 bits per heavy atom. The number of esters is 1. The number of hydrogen-bond donors (Lipinski definition) is 2. The zero-order valence-corrected chi connectivity index (χ0v) is 7.36. The molecule has 0 aromatic heterocycles. The maximum absolute atomic E-state index is 11.0. The summed E-state index contributed by atoms with van der Waals surface area (Å²) in [5.41, 5.74) is 1.23. The van der Waals surface area contributed by atoms with Crippen molar-refractivity contribution < 1.29 is 24.3 Å². The lowest BCUT2D eigenvalue weighted by molar-refractivity contribution is -0.157. The Balaban J connectivity index is 4.51. The first-order valence-electron chi connectivity index (χ1n) is 3.65. The van der Waals surface area contributed by atoms with Crippen molar-refractivity contribution in [1.82, 2.24) is 5.48 Å². The molecule has 6 nitrogen and oxygen atoms in total. The highest BCUT2D eigenvalue weighted by Crippen LogP contribution is 2.01. The highest BCUT2D eigenvalue weighted by Gasteiger charge is 2.32. The Morgan fingerprint density at radius 2 is 2.00 bits per heavy atom. The van der Waals surface area contributed by atoms with Gasteiger partial charge in [0.25, 0.3) is 5.91 Å². The normalized spacial score (nSPS) is 11.6. The van der Waals surface area contributed by atoms with Crippen LogP contribution in [0.25, 0.3) is 0 Å². The Kier molecular flexibility index (Phi) is 4.68. The van der Waals surface area contributed by atoms with Crippen LogP contribution in [0.3, 0.4) is 0 Å². The number of ketones is 1. The molecule has 0 saturated heterocycles. The van der Waals surface area contributed by atoms with Gasteiger partial charge in [0.05, 0.1) is 6.61 Å². The van der Waals surface area contributed by atoms with Crippen molar-refractivity contribution in [1.29, 1.82) is 0 Å². The highest BCUT2D eigenvalue weighted by molar-refractivity contribution is 6.15. The number of ether oxygens (including phenoxy) is 1. The maximum Gasteiger partial charge on any atom is 0.326 e. The van der Waals surface area contributed by atoms with Crippen molar-refractivity contribution in [2.24, 2.45) is 5.92 Å². The molecule has 0 aliphatic carbocycles. The van der Waals surface area contributed by atoms with Crippen LogP contribution in [0.5, 0.6) is 0 Å². The van der Waals surface area contributed by atoms with Crippen molar-refractivity contribution in [2.75, 3.05) is 6.61 Å². The second-order valence-electron chi connectivity index (χ2n) is 2.27. The predicted octanol–water partition coefficient (Wildman–Crippen LogP) is -0.740. The zero-order valence-electron chi connectivity index (χ0n) is 7.36. The number of nitrogens with one attached hydrogen (secondary N) is 1. The van der Waals surface area contributed by atoms with Gasteiger partial charge in [-0.15, -0.1) is 0 Å². The van der Waals surface area contributed by atoms with Gasteiger partial charge in [0.2, 0.25) is 0 Å². The molecule has 0 spiro atoms. The zero-order chi connectivity index (χ0) is 10.4. The van der Waals surface area contributed by atoms with Gasteiger partial charge in [-0.3, -0.25) is 19.6 Å². The highest BCUT2D eigenvalue weighted by atomic mass is 16.5. The molecule has 0 aromatic rings. The molecule has 0 fully saturated rings. The van der Waals surface area contributed by atoms with E-state index in [0.29, 0.717) is 0 Å². The molecule has 0 bridgehead atoms. The third kappa shape index (κ3) is 3.20. The van der Waals surface area contributed by atoms with E-state index in [2.05, 4.69) is 4.74 Å². The molecule has 1 atom stereocenters. The molecule has 6 heteroatoms. The van der Waals surface area contributed by atoms with Crippen LogP contribution >= 0.6 is 0 Å². The monoisotopic (exact) mass is 189 g/mol. The van der Waals surface area contributed by atoms with Crippen LogP contribution in [-0.4, -0.2) is 29.5 Å². The average molecular weight is 189 g/mol. The lowest BCUT2D eigenvalue weighted by atomic mass is 10.1. The molecule has 0 aromatic carbocycles. The molecule has 0 aliphatic rings. The van der Waals surface area contributed by atoms with Gasteiger partial charge < -0.3 is 4.74 Å². The Labute approximate surface area is 74.8 Å². The molecule has 0 radical (unpaired) electrons. The van der Waals surface area contributed by atoms with Gasteiger partial charge in [0, 0.05) is 0 Å². The topological polar surface area (TPSA) is 92.7 Å². The molecular weight excluding hydrogens is 178 g/mol. The van der Waals surface area contributed by atoms with E-state index < -0.39 is 23.6 Å². The van der Waals surface area contributed by atoms with Gasteiger partial charge in [-0.1, -0.05) is 0 Å². The van der Waals surface area contributed by atoms with Gasteiger partial charge in [0.1, 0.15) is 0 Å². The van der Waals surface area contributed by atoms with Crippen molar-refractivity contribution in [3.8, 4) is 0 Å². The van der Waals surface area contributed by atoms with Crippen molar-refractivity contribution in [3.63, 3.8) is 0 Å². The summed E-state index contributed by atoms with van der Waals surface area (Å²) in [6, 6.07) is 0. The number of hydroxylamine groups is 1. The predicted molar refractivity (Wildman–Crippen MR) is 40.7 cm³/mol. The molecule has 74 valence electrons. The van der Waals surface area contributed by atoms with Crippen LogP contribution in [0, 0.1) is 5.92 Å². The summed E-state index contributed by atoms with van der Waals surface area (Å²) in [5, 5.41) is 8.21. The molecule has 0 rings (SSSR count). The second-order valence-corrected chi connectivity index (χ2v) is 2.27. The van der Waals surface area contributed by atoms with Gasteiger partial charge in [0.15, 0.2) is 11.7 Å². The number of carbonyl (C=O) groups excluding carboxylic acids is 3. The van der Waals surface area contributed by atoms with E-state index in [0.717, 1.165) is 6.92 Å². The Hall–Kier alpha value is -1.43. The number of amides is 1. The summed E-state index contributed by atoms with van der Waals surface area (Å²) in [5.74, 6) is -4.29. The summed E-state index contributed by atoms with van der Waals surface area (Å²) in [7, 11) is 0. The van der Waals surface area contributed by atoms with Crippen molar-refractivity contribution >= 4 is 17.7 Å². The third-order valence-electron chi connectivity index (χ3n) is 1.30. The van der Waals surface area contributed by atoms with Crippen LogP contribution < -0.4 is 5.48 Å². The summed E-state index contributed by atoms with van der Waals surface area (Å²) < 4.78 is 4.46. The number of Topliss-reactive ketones (excluding diaryl/α,β-unsaturated/α-hetero) is 1. The molecule has 13 heavy (non-hydrogen) atoms. The summed E-state index contributed by atoms with van der Waals surface area (Å²) in [4.78, 5) is 32.5. The smallest absolute Gasteiger partial charge is 0.326 e. The van der Waals surface area contributed by atoms with Gasteiger partial charge in [-0.25, -0.2) is 5.48 Å². The minimum absolute atomic E-state index is 0.0708. The molecule has 1 unspecified atom stereocenters. The van der Waals surface area contributed by atoms with E-state index in [1.54, 1.807) is 6.92 Å². The van der Waals surface area contributed by atoms with Crippen LogP contribution in [0.2, 0.25) is 0 Å². The van der Waals surface area contributed by atoms with Crippen LogP contribution in [-0.2, 0) is 19.1 Å². The molecule has 1 amide bonds. The largest absolute Gasteiger partial charge is 0.465 e. The second kappa shape index (κ2) is 5.26. The summed E-state index contributed by atoms with van der Waals surface area (Å²) >= 11 is 0. The van der Waals surface area contributed by atoms with Crippen LogP contribution in [0.4, 0.5) is 0 Å². The number of hydrogen-bond acceptors (Lipinski definition) is 5.